The van der Waals surface area contributed by atoms with Gasteiger partial charge in [-0.05, 0) is 81.7 Å². The van der Waals surface area contributed by atoms with Crippen molar-refractivity contribution in [3.63, 3.8) is 0 Å². The van der Waals surface area contributed by atoms with E-state index in [-0.39, 0.29) is 11.4 Å². The average molecular weight is 592 g/mol. The Balaban J connectivity index is 1.41. The molecule has 5 aromatic rings. The van der Waals surface area contributed by atoms with E-state index in [0.717, 1.165) is 20.1 Å². The molecule has 0 atom stereocenters. The molecule has 3 aromatic heterocycles. The second kappa shape index (κ2) is 10.2. The van der Waals surface area contributed by atoms with Crippen LogP contribution in [0.1, 0.15) is 16.7 Å². The van der Waals surface area contributed by atoms with E-state index in [1.54, 1.807) is 30.5 Å². The number of nitrogens with zero attached hydrogens (tertiary/aromatic N) is 2. The Kier molecular flexibility index (Phi) is 6.70. The standard InChI is InChI=1S/C27H16Br2N2O4/c28-19-8-5-17(6-9-19)16-34-22-10-7-18(13-21(22)29)15-31-27-20(14-30)25(23-3-1-11-32-23)26(35-27)24-4-2-12-33-24/h1-13,15H,16H2. The molecule has 0 aliphatic heterocycles. The Morgan fingerprint density at radius 1 is 0.943 bits per heavy atom. The predicted octanol–water partition coefficient (Wildman–Crippen LogP) is 8.53. The second-order valence-corrected chi connectivity index (χ2v) is 9.19. The minimum absolute atomic E-state index is 0.164. The zero-order valence-corrected chi connectivity index (χ0v) is 21.2. The number of rotatable bonds is 7. The molecular formula is C27H16Br2N2O4. The van der Waals surface area contributed by atoms with Gasteiger partial charge < -0.3 is 18.0 Å². The van der Waals surface area contributed by atoms with Crippen LogP contribution in [0.3, 0.4) is 0 Å². The first kappa shape index (κ1) is 23.0. The van der Waals surface area contributed by atoms with Gasteiger partial charge in [0, 0.05) is 10.7 Å². The lowest BCUT2D eigenvalue weighted by Crippen LogP contribution is -1.96. The zero-order chi connectivity index (χ0) is 24.2. The van der Waals surface area contributed by atoms with Crippen LogP contribution in [-0.2, 0) is 6.61 Å². The molecule has 8 heteroatoms. The quantitative estimate of drug-likeness (QED) is 0.177. The van der Waals surface area contributed by atoms with Crippen molar-refractivity contribution in [2.75, 3.05) is 0 Å². The van der Waals surface area contributed by atoms with Crippen molar-refractivity contribution in [2.24, 2.45) is 4.99 Å². The largest absolute Gasteiger partial charge is 0.488 e. The maximum Gasteiger partial charge on any atom is 0.238 e. The highest BCUT2D eigenvalue weighted by Crippen LogP contribution is 2.42. The fourth-order valence-corrected chi connectivity index (χ4v) is 4.22. The lowest BCUT2D eigenvalue weighted by molar-refractivity contribution is 0.304. The summed E-state index contributed by atoms with van der Waals surface area (Å²) in [5.41, 5.74) is 2.62. The molecule has 0 amide bonds. The van der Waals surface area contributed by atoms with E-state index in [4.69, 9.17) is 18.0 Å². The highest BCUT2D eigenvalue weighted by molar-refractivity contribution is 9.10. The first-order chi connectivity index (χ1) is 17.1. The van der Waals surface area contributed by atoms with Gasteiger partial charge in [-0.1, -0.05) is 28.1 Å². The van der Waals surface area contributed by atoms with Gasteiger partial charge in [0.15, 0.2) is 11.5 Å². The van der Waals surface area contributed by atoms with Gasteiger partial charge in [-0.15, -0.1) is 0 Å². The van der Waals surface area contributed by atoms with E-state index in [1.807, 2.05) is 42.5 Å². The van der Waals surface area contributed by atoms with Gasteiger partial charge in [0.2, 0.25) is 5.88 Å². The first-order valence-electron chi connectivity index (χ1n) is 10.5. The van der Waals surface area contributed by atoms with Crippen molar-refractivity contribution < 1.29 is 18.0 Å². The summed E-state index contributed by atoms with van der Waals surface area (Å²) in [5.74, 6) is 2.22. The normalized spacial score (nSPS) is 11.1. The zero-order valence-electron chi connectivity index (χ0n) is 18.1. The van der Waals surface area contributed by atoms with E-state index in [9.17, 15) is 5.26 Å². The Bertz CT molecular complexity index is 1510. The Labute approximate surface area is 217 Å². The first-order valence-corrected chi connectivity index (χ1v) is 12.1. The number of benzene rings is 2. The molecule has 35 heavy (non-hydrogen) atoms. The van der Waals surface area contributed by atoms with Gasteiger partial charge in [0.05, 0.1) is 22.6 Å². The lowest BCUT2D eigenvalue weighted by Gasteiger charge is -2.09. The molecule has 0 bridgehead atoms. The molecule has 0 unspecified atom stereocenters. The SMILES string of the molecule is N#Cc1c(N=Cc2ccc(OCc3ccc(Br)cc3)c(Br)c2)oc(-c2ccco2)c1-c1ccco1. The molecule has 0 spiro atoms. The Hall–Kier alpha value is -3.80. The van der Waals surface area contributed by atoms with Crippen LogP contribution in [0.25, 0.3) is 22.8 Å². The van der Waals surface area contributed by atoms with Crippen molar-refractivity contribution in [1.82, 2.24) is 0 Å². The second-order valence-electron chi connectivity index (χ2n) is 7.42. The molecule has 0 saturated carbocycles. The summed E-state index contributed by atoms with van der Waals surface area (Å²) in [6.45, 7) is 0.447. The smallest absolute Gasteiger partial charge is 0.238 e. The van der Waals surface area contributed by atoms with Gasteiger partial charge in [0.25, 0.3) is 0 Å². The highest BCUT2D eigenvalue weighted by atomic mass is 79.9. The fourth-order valence-electron chi connectivity index (χ4n) is 3.44. The number of aliphatic imine (C=N–C) groups is 1. The molecule has 172 valence electrons. The molecule has 3 heterocycles. The van der Waals surface area contributed by atoms with Crippen LogP contribution < -0.4 is 4.74 Å². The monoisotopic (exact) mass is 590 g/mol. The van der Waals surface area contributed by atoms with Crippen LogP contribution in [0.5, 0.6) is 5.75 Å². The minimum Gasteiger partial charge on any atom is -0.488 e. The van der Waals surface area contributed by atoms with Crippen molar-refractivity contribution in [2.45, 2.75) is 6.61 Å². The van der Waals surface area contributed by atoms with Gasteiger partial charge in [0.1, 0.15) is 29.7 Å². The molecule has 0 fully saturated rings. The van der Waals surface area contributed by atoms with E-state index in [2.05, 4.69) is 42.9 Å². The van der Waals surface area contributed by atoms with Crippen molar-refractivity contribution in [3.8, 4) is 34.7 Å². The van der Waals surface area contributed by atoms with E-state index < -0.39 is 0 Å². The molecule has 0 aliphatic carbocycles. The molecular weight excluding hydrogens is 576 g/mol. The molecule has 0 saturated heterocycles. The summed E-state index contributed by atoms with van der Waals surface area (Å²) in [7, 11) is 0. The van der Waals surface area contributed by atoms with E-state index in [0.29, 0.717) is 35.2 Å². The maximum absolute atomic E-state index is 9.87. The number of hydrogen-bond acceptors (Lipinski definition) is 6. The summed E-state index contributed by atoms with van der Waals surface area (Å²) in [5, 5.41) is 9.87. The third-order valence-electron chi connectivity index (χ3n) is 5.11. The molecule has 0 radical (unpaired) electrons. The lowest BCUT2D eigenvalue weighted by atomic mass is 10.1. The van der Waals surface area contributed by atoms with Crippen LogP contribution in [-0.4, -0.2) is 6.21 Å². The van der Waals surface area contributed by atoms with Crippen LogP contribution in [0.4, 0.5) is 5.88 Å². The van der Waals surface area contributed by atoms with Crippen LogP contribution >= 0.6 is 31.9 Å². The third kappa shape index (κ3) is 5.02. The topological polar surface area (TPSA) is 84.8 Å². The van der Waals surface area contributed by atoms with Gasteiger partial charge in [-0.3, -0.25) is 0 Å². The third-order valence-corrected chi connectivity index (χ3v) is 6.26. The molecule has 6 nitrogen and oxygen atoms in total. The maximum atomic E-state index is 9.87. The Morgan fingerprint density at radius 3 is 2.34 bits per heavy atom. The van der Waals surface area contributed by atoms with Crippen molar-refractivity contribution >= 4 is 44.0 Å². The number of halogens is 2. The van der Waals surface area contributed by atoms with E-state index in [1.165, 1.54) is 12.5 Å². The van der Waals surface area contributed by atoms with Gasteiger partial charge >= 0.3 is 0 Å². The average Bonchev–Trinajstić information content (AvgIpc) is 3.63. The number of ether oxygens (including phenoxy) is 1. The summed E-state index contributed by atoms with van der Waals surface area (Å²) in [6.07, 6.45) is 4.70. The van der Waals surface area contributed by atoms with Crippen molar-refractivity contribution in [3.05, 3.63) is 105 Å². The summed E-state index contributed by atoms with van der Waals surface area (Å²) in [6, 6.07) is 22.8. The van der Waals surface area contributed by atoms with E-state index >= 15 is 0 Å². The van der Waals surface area contributed by atoms with Crippen LogP contribution in [0, 0.1) is 11.3 Å². The summed E-state index contributed by atoms with van der Waals surface area (Å²) < 4.78 is 24.7. The molecule has 0 aliphatic rings. The van der Waals surface area contributed by atoms with Gasteiger partial charge in [-0.25, -0.2) is 4.99 Å². The predicted molar refractivity (Wildman–Crippen MR) is 139 cm³/mol. The fraction of sp³-hybridized carbons (Fsp3) is 0.0370. The number of nitriles is 1. The number of hydrogen-bond donors (Lipinski definition) is 0. The van der Waals surface area contributed by atoms with Gasteiger partial charge in [-0.2, -0.15) is 5.26 Å². The van der Waals surface area contributed by atoms with Crippen LogP contribution in [0.15, 0.2) is 106 Å². The molecule has 5 rings (SSSR count). The summed E-state index contributed by atoms with van der Waals surface area (Å²) >= 11 is 6.99. The number of furan rings is 3. The highest BCUT2D eigenvalue weighted by Gasteiger charge is 2.26. The molecule has 2 aromatic carbocycles. The molecule has 0 N–H and O–H groups in total. The minimum atomic E-state index is 0.164. The van der Waals surface area contributed by atoms with Crippen LogP contribution in [0.2, 0.25) is 0 Å². The summed E-state index contributed by atoms with van der Waals surface area (Å²) in [4.78, 5) is 4.46. The Morgan fingerprint density at radius 2 is 1.69 bits per heavy atom. The van der Waals surface area contributed by atoms with Crippen molar-refractivity contribution in [1.29, 1.82) is 5.26 Å².